The molecule has 0 aliphatic carbocycles. The lowest BCUT2D eigenvalue weighted by atomic mass is 9.97. The van der Waals surface area contributed by atoms with Gasteiger partial charge >= 0.3 is 6.09 Å². The van der Waals surface area contributed by atoms with Crippen molar-refractivity contribution in [2.24, 2.45) is 0 Å². The fourth-order valence-electron chi connectivity index (χ4n) is 2.91. The van der Waals surface area contributed by atoms with Crippen LogP contribution in [0.15, 0.2) is 54.6 Å². The lowest BCUT2D eigenvalue weighted by molar-refractivity contribution is 0.189. The van der Waals surface area contributed by atoms with E-state index >= 15 is 0 Å². The van der Waals surface area contributed by atoms with Crippen LogP contribution in [0.1, 0.15) is 11.1 Å². The number of amides is 1. The van der Waals surface area contributed by atoms with Crippen LogP contribution >= 0.6 is 0 Å². The first-order chi connectivity index (χ1) is 10.2. The molecule has 4 heteroatoms. The Balaban J connectivity index is 1.85. The number of benzene rings is 2. The molecular formula is C17H18N2O2. The molecule has 0 fully saturated rings. The number of nitrogens with one attached hydrogen (secondary N) is 1. The van der Waals surface area contributed by atoms with Crippen molar-refractivity contribution in [3.63, 3.8) is 0 Å². The van der Waals surface area contributed by atoms with Crippen molar-refractivity contribution in [1.29, 1.82) is 0 Å². The smallest absolute Gasteiger partial charge is 0.404 e. The molecule has 0 bridgehead atoms. The number of para-hydroxylation sites is 1. The predicted molar refractivity (Wildman–Crippen MR) is 82.6 cm³/mol. The highest BCUT2D eigenvalue weighted by molar-refractivity contribution is 5.66. The number of rotatable bonds is 3. The van der Waals surface area contributed by atoms with E-state index in [4.69, 9.17) is 5.11 Å². The maximum absolute atomic E-state index is 10.9. The number of hydrogen-bond acceptors (Lipinski definition) is 2. The Morgan fingerprint density at radius 3 is 2.62 bits per heavy atom. The van der Waals surface area contributed by atoms with Crippen LogP contribution in [0.25, 0.3) is 0 Å². The van der Waals surface area contributed by atoms with Crippen molar-refractivity contribution < 1.29 is 9.90 Å². The average Bonchev–Trinajstić information content (AvgIpc) is 2.47. The van der Waals surface area contributed by atoms with Gasteiger partial charge in [-0.05, 0) is 23.6 Å². The molecule has 108 valence electrons. The van der Waals surface area contributed by atoms with Crippen molar-refractivity contribution in [3.8, 4) is 0 Å². The Labute approximate surface area is 124 Å². The van der Waals surface area contributed by atoms with Gasteiger partial charge in [-0.2, -0.15) is 0 Å². The van der Waals surface area contributed by atoms with Gasteiger partial charge < -0.3 is 15.3 Å². The highest BCUT2D eigenvalue weighted by atomic mass is 16.4. The Morgan fingerprint density at radius 2 is 1.86 bits per heavy atom. The van der Waals surface area contributed by atoms with E-state index in [0.717, 1.165) is 13.0 Å². The molecule has 0 radical (unpaired) electrons. The molecule has 21 heavy (non-hydrogen) atoms. The maximum Gasteiger partial charge on any atom is 0.404 e. The summed E-state index contributed by atoms with van der Waals surface area (Å²) in [4.78, 5) is 13.2. The fourth-order valence-corrected chi connectivity index (χ4v) is 2.91. The maximum atomic E-state index is 10.9. The molecule has 1 heterocycles. The summed E-state index contributed by atoms with van der Waals surface area (Å²) in [6, 6.07) is 18.4. The van der Waals surface area contributed by atoms with Crippen molar-refractivity contribution in [3.05, 3.63) is 65.7 Å². The molecule has 0 saturated heterocycles. The topological polar surface area (TPSA) is 52.6 Å². The highest BCUT2D eigenvalue weighted by Gasteiger charge is 2.25. The molecule has 0 aromatic heterocycles. The van der Waals surface area contributed by atoms with Crippen LogP contribution in [0.5, 0.6) is 0 Å². The molecule has 0 spiro atoms. The van der Waals surface area contributed by atoms with Crippen LogP contribution in [-0.4, -0.2) is 23.8 Å². The van der Waals surface area contributed by atoms with Gasteiger partial charge in [0.15, 0.2) is 0 Å². The largest absolute Gasteiger partial charge is 0.465 e. The lowest BCUT2D eigenvalue weighted by Crippen LogP contribution is -2.47. The normalized spacial score (nSPS) is 17.1. The summed E-state index contributed by atoms with van der Waals surface area (Å²) in [6.45, 7) is 1.48. The molecule has 2 N–H and O–H groups in total. The number of carboxylic acid groups (broad SMARTS) is 1. The van der Waals surface area contributed by atoms with E-state index in [-0.39, 0.29) is 6.04 Å². The van der Waals surface area contributed by atoms with Crippen LogP contribution in [0.2, 0.25) is 0 Å². The zero-order valence-corrected chi connectivity index (χ0v) is 11.7. The minimum Gasteiger partial charge on any atom is -0.465 e. The van der Waals surface area contributed by atoms with Gasteiger partial charge in [-0.1, -0.05) is 48.5 Å². The molecule has 3 rings (SSSR count). The van der Waals surface area contributed by atoms with E-state index in [1.807, 2.05) is 30.3 Å². The van der Waals surface area contributed by atoms with Gasteiger partial charge in [-0.15, -0.1) is 0 Å². The molecule has 1 atom stereocenters. The second-order valence-electron chi connectivity index (χ2n) is 5.35. The van der Waals surface area contributed by atoms with Gasteiger partial charge in [0.1, 0.15) is 0 Å². The zero-order chi connectivity index (χ0) is 14.7. The molecule has 1 unspecified atom stereocenters. The third-order valence-electron chi connectivity index (χ3n) is 3.78. The van der Waals surface area contributed by atoms with E-state index in [1.54, 1.807) is 0 Å². The molecule has 1 amide bonds. The van der Waals surface area contributed by atoms with Crippen LogP contribution in [0.4, 0.5) is 10.5 Å². The molecule has 0 saturated carbocycles. The number of carbonyl (C=O) groups is 1. The minimum absolute atomic E-state index is 0.0684. The molecule has 4 nitrogen and oxygen atoms in total. The van der Waals surface area contributed by atoms with E-state index in [1.165, 1.54) is 16.8 Å². The molecule has 1 aliphatic heterocycles. The first-order valence-electron chi connectivity index (χ1n) is 7.08. The Morgan fingerprint density at radius 1 is 1.14 bits per heavy atom. The third-order valence-corrected chi connectivity index (χ3v) is 3.78. The number of fused-ring (bicyclic) bond motifs is 1. The molecule has 1 aliphatic rings. The van der Waals surface area contributed by atoms with Crippen LogP contribution in [0, 0.1) is 0 Å². The van der Waals surface area contributed by atoms with E-state index in [9.17, 15) is 4.79 Å². The summed E-state index contributed by atoms with van der Waals surface area (Å²) >= 11 is 0. The van der Waals surface area contributed by atoms with Gasteiger partial charge in [0.25, 0.3) is 0 Å². The van der Waals surface area contributed by atoms with Crippen LogP contribution < -0.4 is 10.2 Å². The van der Waals surface area contributed by atoms with E-state index < -0.39 is 6.09 Å². The lowest BCUT2D eigenvalue weighted by Gasteiger charge is -2.36. The molecule has 2 aromatic carbocycles. The van der Waals surface area contributed by atoms with Crippen molar-refractivity contribution in [2.45, 2.75) is 19.0 Å². The fraction of sp³-hybridized carbons (Fsp3) is 0.235. The first-order valence-corrected chi connectivity index (χ1v) is 7.08. The monoisotopic (exact) mass is 282 g/mol. The second-order valence-corrected chi connectivity index (χ2v) is 5.35. The van der Waals surface area contributed by atoms with Crippen LogP contribution in [0.3, 0.4) is 0 Å². The van der Waals surface area contributed by atoms with Gasteiger partial charge in [-0.25, -0.2) is 4.79 Å². The summed E-state index contributed by atoms with van der Waals surface area (Å²) in [7, 11) is 0. The number of nitrogens with zero attached hydrogens (tertiary/aromatic N) is 1. The Hall–Kier alpha value is -2.49. The average molecular weight is 282 g/mol. The number of hydrogen-bond donors (Lipinski definition) is 2. The highest BCUT2D eigenvalue weighted by Crippen LogP contribution is 2.28. The molecular weight excluding hydrogens is 264 g/mol. The summed E-state index contributed by atoms with van der Waals surface area (Å²) in [6.07, 6.45) is -0.215. The van der Waals surface area contributed by atoms with Crippen LogP contribution in [-0.2, 0) is 13.0 Å². The van der Waals surface area contributed by atoms with Gasteiger partial charge in [0, 0.05) is 18.8 Å². The van der Waals surface area contributed by atoms with Gasteiger partial charge in [0.2, 0.25) is 0 Å². The van der Waals surface area contributed by atoms with E-state index in [2.05, 4.69) is 34.5 Å². The van der Waals surface area contributed by atoms with Crippen molar-refractivity contribution in [2.75, 3.05) is 11.4 Å². The summed E-state index contributed by atoms with van der Waals surface area (Å²) < 4.78 is 0. The summed E-state index contributed by atoms with van der Waals surface area (Å²) in [5.41, 5.74) is 3.62. The summed E-state index contributed by atoms with van der Waals surface area (Å²) in [5, 5.41) is 11.6. The quantitative estimate of drug-likeness (QED) is 0.910. The Kier molecular flexibility index (Phi) is 3.77. The van der Waals surface area contributed by atoms with Crippen molar-refractivity contribution >= 4 is 11.8 Å². The molecule has 2 aromatic rings. The number of anilines is 1. The SMILES string of the molecule is O=C(O)NC1Cc2ccccc2N(Cc2ccccc2)C1. The first kappa shape index (κ1) is 13.5. The van der Waals surface area contributed by atoms with Gasteiger partial charge in [-0.3, -0.25) is 0 Å². The predicted octanol–water partition coefficient (Wildman–Crippen LogP) is 2.89. The van der Waals surface area contributed by atoms with Gasteiger partial charge in [0.05, 0.1) is 6.04 Å². The summed E-state index contributed by atoms with van der Waals surface area (Å²) in [5.74, 6) is 0. The Bertz CT molecular complexity index is 628. The minimum atomic E-state index is -0.959. The third kappa shape index (κ3) is 3.16. The van der Waals surface area contributed by atoms with Crippen molar-refractivity contribution in [1.82, 2.24) is 5.32 Å². The zero-order valence-electron chi connectivity index (χ0n) is 11.7. The van der Waals surface area contributed by atoms with E-state index in [0.29, 0.717) is 6.54 Å². The second kappa shape index (κ2) is 5.87. The standard InChI is InChI=1S/C17H18N2O2/c20-17(21)18-15-10-14-8-4-5-9-16(14)19(12-15)11-13-6-2-1-3-7-13/h1-9,15,18H,10-12H2,(H,20,21).